The number of benzene rings is 1. The predicted molar refractivity (Wildman–Crippen MR) is 136 cm³/mol. The summed E-state index contributed by atoms with van der Waals surface area (Å²) in [5.74, 6) is 1.92. The molecule has 0 atom stereocenters. The Bertz CT molecular complexity index is 1270. The highest BCUT2D eigenvalue weighted by Gasteiger charge is 2.47. The lowest BCUT2D eigenvalue weighted by Crippen LogP contribution is -2.58. The molecule has 0 unspecified atom stereocenters. The number of carbonyl (C=O) groups is 1. The quantitative estimate of drug-likeness (QED) is 0.585. The molecule has 1 spiro atoms. The average molecular weight is 480 g/mol. The zero-order valence-electron chi connectivity index (χ0n) is 21.0. The first-order chi connectivity index (χ1) is 16.6. The second-order valence-corrected chi connectivity index (χ2v) is 10.7. The fourth-order valence-electron chi connectivity index (χ4n) is 5.21. The summed E-state index contributed by atoms with van der Waals surface area (Å²) in [7, 11) is 3.75. The molecule has 3 aromatic rings. The molecule has 2 saturated heterocycles. The maximum Gasteiger partial charge on any atom is 0.412 e. The summed E-state index contributed by atoms with van der Waals surface area (Å²) in [4.78, 5) is 21.3. The highest BCUT2D eigenvalue weighted by molar-refractivity contribution is 5.93. The number of methoxy groups -OCH3 is 1. The molecule has 2 aromatic heterocycles. The van der Waals surface area contributed by atoms with Crippen molar-refractivity contribution in [2.45, 2.75) is 32.8 Å². The third-order valence-electron chi connectivity index (χ3n) is 6.72. The fourth-order valence-corrected chi connectivity index (χ4v) is 5.21. The Kier molecular flexibility index (Phi) is 5.51. The van der Waals surface area contributed by atoms with Gasteiger partial charge in [0.2, 0.25) is 0 Å². The molecule has 1 aromatic carbocycles. The van der Waals surface area contributed by atoms with Gasteiger partial charge in [0, 0.05) is 30.6 Å². The molecular weight excluding hydrogens is 446 g/mol. The van der Waals surface area contributed by atoms with Crippen LogP contribution in [0.4, 0.5) is 22.1 Å². The van der Waals surface area contributed by atoms with Crippen molar-refractivity contribution in [1.29, 1.82) is 0 Å². The number of nitrogen functional groups attached to an aromatic ring is 1. The van der Waals surface area contributed by atoms with Gasteiger partial charge in [0.1, 0.15) is 29.0 Å². The van der Waals surface area contributed by atoms with Gasteiger partial charge >= 0.3 is 6.09 Å². The number of amides is 1. The molecule has 1 amide bonds. The molecule has 10 heteroatoms. The van der Waals surface area contributed by atoms with Crippen molar-refractivity contribution in [1.82, 2.24) is 19.5 Å². The number of anilines is 3. The second-order valence-electron chi connectivity index (χ2n) is 10.7. The number of nitrogens with two attached hydrogens (primary N) is 1. The lowest BCUT2D eigenvalue weighted by Gasteiger charge is -2.48. The summed E-state index contributed by atoms with van der Waals surface area (Å²) in [6.07, 6.45) is 2.17. The molecule has 0 saturated carbocycles. The predicted octanol–water partition coefficient (Wildman–Crippen LogP) is 3.48. The monoisotopic (exact) mass is 479 g/mol. The molecule has 0 radical (unpaired) electrons. The number of carbonyl (C=O) groups excluding carboxylic acids is 1. The SMILES string of the molecule is COc1cc(-c2cc(N3CC4(CCN(C)C4)C3)n3ncnc(N)c23)ccc1NC(=O)OC(C)(C)C. The topological polar surface area (TPSA) is 110 Å². The molecular formula is C25H33N7O3. The van der Waals surface area contributed by atoms with Gasteiger partial charge in [0.25, 0.3) is 0 Å². The minimum atomic E-state index is -0.597. The Morgan fingerprint density at radius 3 is 2.63 bits per heavy atom. The summed E-state index contributed by atoms with van der Waals surface area (Å²) in [6, 6.07) is 7.71. The van der Waals surface area contributed by atoms with Crippen molar-refractivity contribution < 1.29 is 14.3 Å². The van der Waals surface area contributed by atoms with Gasteiger partial charge in [-0.25, -0.2) is 14.3 Å². The molecule has 4 heterocycles. The number of ether oxygens (including phenoxy) is 2. The number of likely N-dealkylation sites (tertiary alicyclic amines) is 1. The van der Waals surface area contributed by atoms with Crippen molar-refractivity contribution in [3.8, 4) is 16.9 Å². The highest BCUT2D eigenvalue weighted by atomic mass is 16.6. The summed E-state index contributed by atoms with van der Waals surface area (Å²) >= 11 is 0. The van der Waals surface area contributed by atoms with E-state index in [1.165, 1.54) is 12.7 Å². The number of nitrogens with zero attached hydrogens (tertiary/aromatic N) is 5. The largest absolute Gasteiger partial charge is 0.495 e. The van der Waals surface area contributed by atoms with Crippen LogP contribution in [0.15, 0.2) is 30.6 Å². The average Bonchev–Trinajstić information content (AvgIpc) is 3.33. The van der Waals surface area contributed by atoms with Crippen molar-refractivity contribution in [3.63, 3.8) is 0 Å². The van der Waals surface area contributed by atoms with Crippen LogP contribution in [0.25, 0.3) is 16.6 Å². The van der Waals surface area contributed by atoms with Crippen LogP contribution in [0.3, 0.4) is 0 Å². The van der Waals surface area contributed by atoms with Crippen LogP contribution in [0, 0.1) is 5.41 Å². The minimum absolute atomic E-state index is 0.357. The van der Waals surface area contributed by atoms with Gasteiger partial charge in [-0.3, -0.25) is 5.32 Å². The second kappa shape index (κ2) is 8.30. The third-order valence-corrected chi connectivity index (χ3v) is 6.72. The van der Waals surface area contributed by atoms with Crippen LogP contribution in [-0.2, 0) is 4.74 Å². The van der Waals surface area contributed by atoms with E-state index in [-0.39, 0.29) is 0 Å². The lowest BCUT2D eigenvalue weighted by molar-refractivity contribution is 0.0635. The summed E-state index contributed by atoms with van der Waals surface area (Å²) in [5, 5.41) is 7.29. The Hall–Kier alpha value is -3.53. The summed E-state index contributed by atoms with van der Waals surface area (Å²) in [6.45, 7) is 9.72. The van der Waals surface area contributed by atoms with Crippen LogP contribution in [0.5, 0.6) is 5.75 Å². The highest BCUT2D eigenvalue weighted by Crippen LogP contribution is 2.44. The first-order valence-electron chi connectivity index (χ1n) is 11.8. The maximum absolute atomic E-state index is 12.3. The first-order valence-corrected chi connectivity index (χ1v) is 11.8. The van der Waals surface area contributed by atoms with Crippen LogP contribution in [0.1, 0.15) is 27.2 Å². The van der Waals surface area contributed by atoms with Crippen molar-refractivity contribution in [2.75, 3.05) is 56.3 Å². The summed E-state index contributed by atoms with van der Waals surface area (Å²) in [5.41, 5.74) is 9.15. The van der Waals surface area contributed by atoms with Gasteiger partial charge in [-0.2, -0.15) is 5.10 Å². The van der Waals surface area contributed by atoms with Crippen LogP contribution < -0.4 is 20.7 Å². The van der Waals surface area contributed by atoms with E-state index in [1.54, 1.807) is 13.2 Å². The maximum atomic E-state index is 12.3. The van der Waals surface area contributed by atoms with Gasteiger partial charge < -0.3 is 25.0 Å². The molecule has 2 fully saturated rings. The third kappa shape index (κ3) is 4.34. The molecule has 2 aliphatic heterocycles. The molecule has 2 aliphatic rings. The van der Waals surface area contributed by atoms with Crippen molar-refractivity contribution in [3.05, 3.63) is 30.6 Å². The normalized spacial score (nSPS) is 17.6. The number of fused-ring (bicyclic) bond motifs is 1. The molecule has 5 rings (SSSR count). The van der Waals surface area contributed by atoms with E-state index in [0.717, 1.165) is 48.6 Å². The number of hydrogen-bond donors (Lipinski definition) is 2. The van der Waals surface area contributed by atoms with E-state index in [1.807, 2.05) is 37.4 Å². The van der Waals surface area contributed by atoms with Gasteiger partial charge in [0.05, 0.1) is 12.8 Å². The smallest absolute Gasteiger partial charge is 0.412 e. The number of rotatable bonds is 4. The van der Waals surface area contributed by atoms with E-state index < -0.39 is 11.7 Å². The zero-order chi connectivity index (χ0) is 25.0. The van der Waals surface area contributed by atoms with Crippen molar-refractivity contribution in [2.24, 2.45) is 5.41 Å². The van der Waals surface area contributed by atoms with E-state index in [9.17, 15) is 4.79 Å². The van der Waals surface area contributed by atoms with Gasteiger partial charge in [-0.15, -0.1) is 0 Å². The van der Waals surface area contributed by atoms with Crippen LogP contribution >= 0.6 is 0 Å². The number of hydrogen-bond acceptors (Lipinski definition) is 8. The molecule has 3 N–H and O–H groups in total. The van der Waals surface area contributed by atoms with Crippen molar-refractivity contribution >= 4 is 28.9 Å². The van der Waals surface area contributed by atoms with E-state index in [4.69, 9.17) is 15.2 Å². The Morgan fingerprint density at radius 2 is 1.97 bits per heavy atom. The fraction of sp³-hybridized carbons (Fsp3) is 0.480. The van der Waals surface area contributed by atoms with Crippen LogP contribution in [0.2, 0.25) is 0 Å². The van der Waals surface area contributed by atoms with Gasteiger partial charge in [-0.1, -0.05) is 6.07 Å². The Morgan fingerprint density at radius 1 is 1.20 bits per heavy atom. The first kappa shape index (κ1) is 23.2. The molecule has 35 heavy (non-hydrogen) atoms. The Balaban J connectivity index is 1.47. The zero-order valence-corrected chi connectivity index (χ0v) is 21.0. The minimum Gasteiger partial charge on any atom is -0.495 e. The van der Waals surface area contributed by atoms with E-state index in [2.05, 4.69) is 38.3 Å². The van der Waals surface area contributed by atoms with Gasteiger partial charge in [-0.05, 0) is 64.5 Å². The number of nitrogens with one attached hydrogen (secondary N) is 1. The summed E-state index contributed by atoms with van der Waals surface area (Å²) < 4.78 is 12.8. The van der Waals surface area contributed by atoms with E-state index >= 15 is 0 Å². The Labute approximate surface area is 205 Å². The van der Waals surface area contributed by atoms with E-state index in [0.29, 0.717) is 22.7 Å². The standard InChI is InChI=1S/C25H33N7O3/c1-24(2,3)35-23(33)29-18-7-6-16(10-19(18)34-5)17-11-20(32-21(17)22(26)27-15-28-32)31-13-25(14-31)8-9-30(4)12-25/h6-7,10-11,15H,8-9,12-14H2,1-5H3,(H,29,33)(H2,26,27,28). The molecule has 0 aliphatic carbocycles. The number of aromatic nitrogens is 3. The van der Waals surface area contributed by atoms with Gasteiger partial charge in [0.15, 0.2) is 5.82 Å². The lowest BCUT2D eigenvalue weighted by atomic mass is 9.79. The molecule has 10 nitrogen and oxygen atoms in total. The molecule has 186 valence electrons. The van der Waals surface area contributed by atoms with Crippen LogP contribution in [-0.4, -0.2) is 71.5 Å². The molecule has 0 bridgehead atoms.